The topological polar surface area (TPSA) is 69.8 Å². The van der Waals surface area contributed by atoms with Gasteiger partial charge in [0.15, 0.2) is 0 Å². The quantitative estimate of drug-likeness (QED) is 0.752. The van der Waals surface area contributed by atoms with E-state index in [4.69, 9.17) is 5.73 Å². The van der Waals surface area contributed by atoms with Gasteiger partial charge in [-0.1, -0.05) is 37.3 Å². The third kappa shape index (κ3) is 6.69. The van der Waals surface area contributed by atoms with Crippen LogP contribution in [0.1, 0.15) is 25.3 Å². The zero-order valence-corrected chi connectivity index (χ0v) is 14.0. The van der Waals surface area contributed by atoms with Crippen LogP contribution in [0.2, 0.25) is 0 Å². The summed E-state index contributed by atoms with van der Waals surface area (Å²) in [7, 11) is 0. The van der Waals surface area contributed by atoms with Crippen molar-refractivity contribution in [2.45, 2.75) is 32.4 Å². The smallest absolute Gasteiger partial charge is 0.231 e. The molecule has 1 saturated heterocycles. The zero-order chi connectivity index (χ0) is 16.7. The maximum Gasteiger partial charge on any atom is 0.231 e. The van der Waals surface area contributed by atoms with Crippen LogP contribution < -0.4 is 5.73 Å². The van der Waals surface area contributed by atoms with E-state index in [1.807, 2.05) is 35.2 Å². The molecule has 2 rings (SSSR count). The maximum atomic E-state index is 11.3. The molecule has 1 amide bonds. The van der Waals surface area contributed by atoms with Crippen molar-refractivity contribution < 1.29 is 9.90 Å². The number of nitrogens with two attached hydrogens (primary N) is 1. The average molecular weight is 319 g/mol. The molecule has 1 aliphatic heterocycles. The van der Waals surface area contributed by atoms with Crippen LogP contribution in [0.5, 0.6) is 0 Å². The molecular weight excluding hydrogens is 290 g/mol. The van der Waals surface area contributed by atoms with Crippen molar-refractivity contribution in [3.05, 3.63) is 35.9 Å². The van der Waals surface area contributed by atoms with Gasteiger partial charge in [0.25, 0.3) is 0 Å². The fourth-order valence-electron chi connectivity index (χ4n) is 3.15. The Hall–Kier alpha value is -1.43. The summed E-state index contributed by atoms with van der Waals surface area (Å²) in [5, 5.41) is 10.4. The summed E-state index contributed by atoms with van der Waals surface area (Å²) in [5.41, 5.74) is 6.47. The number of amides is 1. The summed E-state index contributed by atoms with van der Waals surface area (Å²) in [6, 6.07) is 9.96. The molecule has 0 spiro atoms. The monoisotopic (exact) mass is 319 g/mol. The highest BCUT2D eigenvalue weighted by molar-refractivity contribution is 5.75. The van der Waals surface area contributed by atoms with Crippen LogP contribution >= 0.6 is 0 Å². The van der Waals surface area contributed by atoms with Crippen LogP contribution in [0.4, 0.5) is 0 Å². The van der Waals surface area contributed by atoms with Crippen LogP contribution in [-0.2, 0) is 11.3 Å². The number of aliphatic hydroxyl groups is 1. The number of nitrogens with zero attached hydrogens (tertiary/aromatic N) is 2. The lowest BCUT2D eigenvalue weighted by Gasteiger charge is -2.33. The van der Waals surface area contributed by atoms with Crippen molar-refractivity contribution in [3.8, 4) is 0 Å². The van der Waals surface area contributed by atoms with Crippen LogP contribution in [-0.4, -0.2) is 59.6 Å². The Bertz CT molecular complexity index is 472. The van der Waals surface area contributed by atoms with Crippen LogP contribution in [0.15, 0.2) is 30.3 Å². The van der Waals surface area contributed by atoms with E-state index in [1.54, 1.807) is 0 Å². The molecule has 128 valence electrons. The number of piperidine rings is 1. The fourth-order valence-corrected chi connectivity index (χ4v) is 3.15. The average Bonchev–Trinajstić information content (AvgIpc) is 2.50. The van der Waals surface area contributed by atoms with Gasteiger partial charge < -0.3 is 15.7 Å². The molecule has 5 heteroatoms. The van der Waals surface area contributed by atoms with E-state index >= 15 is 0 Å². The number of benzene rings is 1. The predicted octanol–water partition coefficient (Wildman–Crippen LogP) is 1.07. The van der Waals surface area contributed by atoms with Gasteiger partial charge in [-0.25, -0.2) is 0 Å². The summed E-state index contributed by atoms with van der Waals surface area (Å²) in [6.45, 7) is 6.29. The molecule has 1 unspecified atom stereocenters. The lowest BCUT2D eigenvalue weighted by molar-refractivity contribution is -0.119. The van der Waals surface area contributed by atoms with Crippen molar-refractivity contribution in [3.63, 3.8) is 0 Å². The molecule has 1 fully saturated rings. The van der Waals surface area contributed by atoms with Crippen LogP contribution in [0.25, 0.3) is 0 Å². The highest BCUT2D eigenvalue weighted by Crippen LogP contribution is 2.16. The minimum absolute atomic E-state index is 0.170. The minimum Gasteiger partial charge on any atom is -0.390 e. The molecule has 3 N–H and O–H groups in total. The van der Waals surface area contributed by atoms with Crippen LogP contribution in [0, 0.1) is 5.92 Å². The molecule has 1 aromatic carbocycles. The molecule has 1 atom stereocenters. The Morgan fingerprint density at radius 1 is 1.35 bits per heavy atom. The second-order valence-electron chi connectivity index (χ2n) is 6.76. The number of aliphatic hydroxyl groups excluding tert-OH is 1. The van der Waals surface area contributed by atoms with Gasteiger partial charge in [-0.3, -0.25) is 9.69 Å². The molecule has 0 aliphatic carbocycles. The Kier molecular flexibility index (Phi) is 7.02. The Morgan fingerprint density at radius 2 is 2.00 bits per heavy atom. The van der Waals surface area contributed by atoms with Gasteiger partial charge in [-0.2, -0.15) is 0 Å². The number of likely N-dealkylation sites (tertiary alicyclic amines) is 1. The van der Waals surface area contributed by atoms with Gasteiger partial charge in [0, 0.05) is 19.6 Å². The van der Waals surface area contributed by atoms with Gasteiger partial charge >= 0.3 is 0 Å². The highest BCUT2D eigenvalue weighted by Gasteiger charge is 2.20. The van der Waals surface area contributed by atoms with Crippen molar-refractivity contribution in [2.75, 3.05) is 32.7 Å². The van der Waals surface area contributed by atoms with E-state index in [0.29, 0.717) is 19.6 Å². The molecule has 5 nitrogen and oxygen atoms in total. The first-order chi connectivity index (χ1) is 11.0. The molecular formula is C18H29N3O2. The number of carbonyl (C=O) groups is 1. The van der Waals surface area contributed by atoms with E-state index in [0.717, 1.165) is 24.6 Å². The summed E-state index contributed by atoms with van der Waals surface area (Å²) in [5.74, 6) is 0.424. The standard InChI is InChI=1S/C18H29N3O2/c1-15-7-9-20(10-8-15)12-17(22)13-21(14-18(19)23)11-16-5-3-2-4-6-16/h2-6,15,17,22H,7-14H2,1H3,(H2,19,23). The number of hydrogen-bond donors (Lipinski definition) is 2. The Labute approximate surface area is 139 Å². The molecule has 0 bridgehead atoms. The fraction of sp³-hybridized carbons (Fsp3) is 0.611. The number of carbonyl (C=O) groups excluding carboxylic acids is 1. The largest absolute Gasteiger partial charge is 0.390 e. The van der Waals surface area contributed by atoms with Gasteiger partial charge in [0.1, 0.15) is 0 Å². The minimum atomic E-state index is -0.466. The first kappa shape index (κ1) is 17.9. The summed E-state index contributed by atoms with van der Waals surface area (Å²) in [4.78, 5) is 15.5. The maximum absolute atomic E-state index is 11.3. The lowest BCUT2D eigenvalue weighted by atomic mass is 9.99. The number of β-amino-alcohol motifs (C(OH)–C–C–N with tert-alkyl or cyclic N) is 1. The highest BCUT2D eigenvalue weighted by atomic mass is 16.3. The van der Waals surface area contributed by atoms with Crippen molar-refractivity contribution in [1.29, 1.82) is 0 Å². The van der Waals surface area contributed by atoms with Gasteiger partial charge in [0.2, 0.25) is 5.91 Å². The molecule has 0 aromatic heterocycles. The molecule has 1 heterocycles. The Balaban J connectivity index is 1.85. The zero-order valence-electron chi connectivity index (χ0n) is 14.0. The van der Waals surface area contributed by atoms with E-state index < -0.39 is 6.10 Å². The van der Waals surface area contributed by atoms with E-state index in [9.17, 15) is 9.90 Å². The van der Waals surface area contributed by atoms with Crippen LogP contribution in [0.3, 0.4) is 0 Å². The normalized spacial score (nSPS) is 18.2. The number of rotatable bonds is 8. The molecule has 23 heavy (non-hydrogen) atoms. The third-order valence-corrected chi connectivity index (χ3v) is 4.44. The molecule has 0 saturated carbocycles. The summed E-state index contributed by atoms with van der Waals surface area (Å²) >= 11 is 0. The number of hydrogen-bond acceptors (Lipinski definition) is 4. The van der Waals surface area contributed by atoms with Gasteiger partial charge in [0.05, 0.1) is 12.6 Å². The summed E-state index contributed by atoms with van der Waals surface area (Å²) < 4.78 is 0. The first-order valence-electron chi connectivity index (χ1n) is 8.48. The van der Waals surface area contributed by atoms with Crippen molar-refractivity contribution in [2.24, 2.45) is 11.7 Å². The molecule has 1 aliphatic rings. The third-order valence-electron chi connectivity index (χ3n) is 4.44. The van der Waals surface area contributed by atoms with Gasteiger partial charge in [-0.05, 0) is 37.4 Å². The van der Waals surface area contributed by atoms with E-state index in [1.165, 1.54) is 12.8 Å². The van der Waals surface area contributed by atoms with Crippen molar-refractivity contribution in [1.82, 2.24) is 9.80 Å². The predicted molar refractivity (Wildman–Crippen MR) is 91.8 cm³/mol. The molecule has 1 aromatic rings. The molecule has 0 radical (unpaired) electrons. The summed E-state index contributed by atoms with van der Waals surface area (Å²) in [6.07, 6.45) is 1.93. The second kappa shape index (κ2) is 9.01. The van der Waals surface area contributed by atoms with E-state index in [-0.39, 0.29) is 12.5 Å². The van der Waals surface area contributed by atoms with Crippen molar-refractivity contribution >= 4 is 5.91 Å². The van der Waals surface area contributed by atoms with E-state index in [2.05, 4.69) is 11.8 Å². The Morgan fingerprint density at radius 3 is 2.61 bits per heavy atom. The number of primary amides is 1. The second-order valence-corrected chi connectivity index (χ2v) is 6.76. The first-order valence-corrected chi connectivity index (χ1v) is 8.48. The SMILES string of the molecule is CC1CCN(CC(O)CN(CC(N)=O)Cc2ccccc2)CC1. The lowest BCUT2D eigenvalue weighted by Crippen LogP contribution is -2.44. The van der Waals surface area contributed by atoms with Gasteiger partial charge in [-0.15, -0.1) is 0 Å².